The first-order valence-electron chi connectivity index (χ1n) is 6.74. The zero-order valence-corrected chi connectivity index (χ0v) is 10.8. The molecule has 2 rings (SSSR count). The van der Waals surface area contributed by atoms with Gasteiger partial charge in [-0.1, -0.05) is 25.7 Å². The lowest BCUT2D eigenvalue weighted by atomic mass is 10.0. The molecule has 0 spiro atoms. The van der Waals surface area contributed by atoms with E-state index in [9.17, 15) is 14.7 Å². The van der Waals surface area contributed by atoms with Gasteiger partial charge in [0.15, 0.2) is 5.75 Å². The van der Waals surface area contributed by atoms with Gasteiger partial charge in [0.1, 0.15) is 5.56 Å². The van der Waals surface area contributed by atoms with Gasteiger partial charge in [0.25, 0.3) is 0 Å². The highest BCUT2D eigenvalue weighted by molar-refractivity contribution is 5.87. The molecule has 0 radical (unpaired) electrons. The molecule has 0 aliphatic heterocycles. The van der Waals surface area contributed by atoms with Crippen molar-refractivity contribution in [3.05, 3.63) is 28.2 Å². The molecule has 1 saturated carbocycles. The summed E-state index contributed by atoms with van der Waals surface area (Å²) >= 11 is 0. The molecular formula is C14H19NO4. The average molecular weight is 265 g/mol. The molecule has 1 aliphatic rings. The minimum Gasteiger partial charge on any atom is -0.503 e. The van der Waals surface area contributed by atoms with Crippen molar-refractivity contribution in [2.24, 2.45) is 5.92 Å². The SMILES string of the molecule is O=C(O)c1cn(CC2CCCCCC2)cc(O)c1=O. The highest BCUT2D eigenvalue weighted by atomic mass is 16.4. The van der Waals surface area contributed by atoms with Gasteiger partial charge in [-0.05, 0) is 18.8 Å². The Balaban J connectivity index is 2.20. The van der Waals surface area contributed by atoms with Gasteiger partial charge >= 0.3 is 5.97 Å². The Morgan fingerprint density at radius 1 is 1.21 bits per heavy atom. The Labute approximate surface area is 111 Å². The zero-order chi connectivity index (χ0) is 13.8. The molecule has 5 nitrogen and oxygen atoms in total. The lowest BCUT2D eigenvalue weighted by Gasteiger charge is -2.16. The maximum atomic E-state index is 11.5. The Morgan fingerprint density at radius 3 is 2.42 bits per heavy atom. The number of hydrogen-bond acceptors (Lipinski definition) is 3. The summed E-state index contributed by atoms with van der Waals surface area (Å²) in [6.07, 6.45) is 9.81. The number of carboxylic acids is 1. The Morgan fingerprint density at radius 2 is 1.84 bits per heavy atom. The average Bonchev–Trinajstić information content (AvgIpc) is 2.62. The quantitative estimate of drug-likeness (QED) is 0.821. The van der Waals surface area contributed by atoms with E-state index in [2.05, 4.69) is 0 Å². The number of hydrogen-bond donors (Lipinski definition) is 2. The van der Waals surface area contributed by atoms with Gasteiger partial charge in [-0.15, -0.1) is 0 Å². The molecule has 104 valence electrons. The highest BCUT2D eigenvalue weighted by Crippen LogP contribution is 2.24. The second-order valence-electron chi connectivity index (χ2n) is 5.25. The van der Waals surface area contributed by atoms with Crippen molar-refractivity contribution < 1.29 is 15.0 Å². The van der Waals surface area contributed by atoms with Gasteiger partial charge in [0, 0.05) is 18.9 Å². The second kappa shape index (κ2) is 5.91. The summed E-state index contributed by atoms with van der Waals surface area (Å²) in [5.74, 6) is -1.30. The Bertz CT molecular complexity index is 513. The minimum atomic E-state index is -1.30. The lowest BCUT2D eigenvalue weighted by molar-refractivity contribution is 0.0693. The molecule has 5 heteroatoms. The van der Waals surface area contributed by atoms with Crippen molar-refractivity contribution >= 4 is 5.97 Å². The molecule has 1 heterocycles. The van der Waals surface area contributed by atoms with Crippen LogP contribution in [0.4, 0.5) is 0 Å². The molecule has 1 fully saturated rings. The number of aromatic carboxylic acids is 1. The summed E-state index contributed by atoms with van der Waals surface area (Å²) in [5.41, 5.74) is -1.18. The van der Waals surface area contributed by atoms with Crippen LogP contribution in [-0.4, -0.2) is 20.7 Å². The van der Waals surface area contributed by atoms with Crippen LogP contribution < -0.4 is 5.43 Å². The van der Waals surface area contributed by atoms with Crippen molar-refractivity contribution in [1.82, 2.24) is 4.57 Å². The van der Waals surface area contributed by atoms with Crippen LogP contribution in [0, 0.1) is 5.92 Å². The first-order valence-corrected chi connectivity index (χ1v) is 6.74. The van der Waals surface area contributed by atoms with Crippen molar-refractivity contribution in [3.8, 4) is 5.75 Å². The third-order valence-electron chi connectivity index (χ3n) is 3.73. The summed E-state index contributed by atoms with van der Waals surface area (Å²) in [4.78, 5) is 22.4. The minimum absolute atomic E-state index is 0.367. The highest BCUT2D eigenvalue weighted by Gasteiger charge is 2.16. The van der Waals surface area contributed by atoms with Gasteiger partial charge in [-0.25, -0.2) is 4.79 Å². The maximum Gasteiger partial charge on any atom is 0.341 e. The third kappa shape index (κ3) is 3.36. The summed E-state index contributed by atoms with van der Waals surface area (Å²) < 4.78 is 1.64. The van der Waals surface area contributed by atoms with E-state index in [0.717, 1.165) is 12.8 Å². The molecule has 0 bridgehead atoms. The molecule has 0 amide bonds. The number of carbonyl (C=O) groups is 1. The molecule has 1 aliphatic carbocycles. The number of nitrogens with zero attached hydrogens (tertiary/aromatic N) is 1. The monoisotopic (exact) mass is 265 g/mol. The van der Waals surface area contributed by atoms with Crippen molar-refractivity contribution in [2.45, 2.75) is 45.1 Å². The van der Waals surface area contributed by atoms with Crippen LogP contribution in [0.25, 0.3) is 0 Å². The van der Waals surface area contributed by atoms with Crippen LogP contribution in [0.3, 0.4) is 0 Å². The lowest BCUT2D eigenvalue weighted by Crippen LogP contribution is -2.19. The molecule has 0 unspecified atom stereocenters. The summed E-state index contributed by atoms with van der Waals surface area (Å²) in [5, 5.41) is 18.5. The maximum absolute atomic E-state index is 11.5. The smallest absolute Gasteiger partial charge is 0.341 e. The van der Waals surface area contributed by atoms with Crippen LogP contribution in [0.15, 0.2) is 17.2 Å². The molecule has 1 aromatic heterocycles. The van der Waals surface area contributed by atoms with Crippen molar-refractivity contribution in [3.63, 3.8) is 0 Å². The van der Waals surface area contributed by atoms with Gasteiger partial charge in [-0.2, -0.15) is 0 Å². The molecule has 0 atom stereocenters. The summed E-state index contributed by atoms with van der Waals surface area (Å²) in [6, 6.07) is 0. The van der Waals surface area contributed by atoms with Crippen LogP contribution in [0.5, 0.6) is 5.75 Å². The van der Waals surface area contributed by atoms with E-state index in [0.29, 0.717) is 12.5 Å². The van der Waals surface area contributed by atoms with Crippen LogP contribution >= 0.6 is 0 Å². The van der Waals surface area contributed by atoms with Gasteiger partial charge in [0.2, 0.25) is 5.43 Å². The predicted molar refractivity (Wildman–Crippen MR) is 70.5 cm³/mol. The van der Waals surface area contributed by atoms with E-state index in [1.54, 1.807) is 4.57 Å². The summed E-state index contributed by atoms with van der Waals surface area (Å²) in [6.45, 7) is 0.661. The first-order chi connectivity index (χ1) is 9.08. The van der Waals surface area contributed by atoms with Gasteiger partial charge < -0.3 is 14.8 Å². The number of aromatic nitrogens is 1. The van der Waals surface area contributed by atoms with E-state index >= 15 is 0 Å². The van der Waals surface area contributed by atoms with Gasteiger partial charge in [-0.3, -0.25) is 4.79 Å². The van der Waals surface area contributed by atoms with Crippen LogP contribution in [-0.2, 0) is 6.54 Å². The Kier molecular flexibility index (Phi) is 4.24. The van der Waals surface area contributed by atoms with Crippen molar-refractivity contribution in [2.75, 3.05) is 0 Å². The fraction of sp³-hybridized carbons (Fsp3) is 0.571. The summed E-state index contributed by atoms with van der Waals surface area (Å²) in [7, 11) is 0. The topological polar surface area (TPSA) is 79.5 Å². The zero-order valence-electron chi connectivity index (χ0n) is 10.8. The Hall–Kier alpha value is -1.78. The van der Waals surface area contributed by atoms with Gasteiger partial charge in [0.05, 0.1) is 0 Å². The standard InChI is InChI=1S/C14H19NO4/c16-12-9-15(8-11(13(12)17)14(18)19)7-10-5-3-1-2-4-6-10/h8-10,16H,1-7H2,(H,18,19). The van der Waals surface area contributed by atoms with E-state index in [4.69, 9.17) is 5.11 Å². The van der Waals surface area contributed by atoms with E-state index in [-0.39, 0.29) is 5.56 Å². The largest absolute Gasteiger partial charge is 0.503 e. The van der Waals surface area contributed by atoms with E-state index in [1.807, 2.05) is 0 Å². The molecule has 0 aromatic carbocycles. The molecule has 1 aromatic rings. The fourth-order valence-electron chi connectivity index (χ4n) is 2.72. The first kappa shape index (κ1) is 13.6. The number of carboxylic acid groups (broad SMARTS) is 1. The molecular weight excluding hydrogens is 246 g/mol. The predicted octanol–water partition coefficient (Wildman–Crippen LogP) is 2.22. The number of pyridine rings is 1. The van der Waals surface area contributed by atoms with Crippen LogP contribution in [0.1, 0.15) is 48.9 Å². The molecule has 0 saturated heterocycles. The molecule has 2 N–H and O–H groups in total. The number of aromatic hydroxyl groups is 1. The normalized spacial score (nSPS) is 17.1. The molecule has 19 heavy (non-hydrogen) atoms. The van der Waals surface area contributed by atoms with Crippen molar-refractivity contribution in [1.29, 1.82) is 0 Å². The van der Waals surface area contributed by atoms with E-state index < -0.39 is 17.1 Å². The third-order valence-corrected chi connectivity index (χ3v) is 3.73. The fourth-order valence-corrected chi connectivity index (χ4v) is 2.72. The number of rotatable bonds is 3. The second-order valence-corrected chi connectivity index (χ2v) is 5.25. The van der Waals surface area contributed by atoms with Crippen LogP contribution in [0.2, 0.25) is 0 Å². The van der Waals surface area contributed by atoms with E-state index in [1.165, 1.54) is 38.1 Å².